The minimum absolute atomic E-state index is 0.159. The van der Waals surface area contributed by atoms with E-state index in [1.165, 1.54) is 11.0 Å². The third kappa shape index (κ3) is 8.38. The van der Waals surface area contributed by atoms with Gasteiger partial charge in [-0.15, -0.1) is 0 Å². The second-order valence-corrected chi connectivity index (χ2v) is 12.5. The highest BCUT2D eigenvalue weighted by Gasteiger charge is 2.34. The molecule has 208 valence electrons. The number of carbonyl (C=O) groups excluding carboxylic acids is 2. The van der Waals surface area contributed by atoms with Gasteiger partial charge < -0.3 is 10.2 Å². The fourth-order valence-corrected chi connectivity index (χ4v) is 5.16. The number of anilines is 1. The summed E-state index contributed by atoms with van der Waals surface area (Å²) in [6.07, 6.45) is 1.19. The van der Waals surface area contributed by atoms with Crippen molar-refractivity contribution in [2.45, 2.75) is 52.2 Å². The van der Waals surface area contributed by atoms with Gasteiger partial charge in [-0.05, 0) is 51.0 Å². The van der Waals surface area contributed by atoms with Gasteiger partial charge in [-0.2, -0.15) is 0 Å². The first-order valence-corrected chi connectivity index (χ1v) is 14.5. The molecule has 1 N–H and O–H groups in total. The van der Waals surface area contributed by atoms with E-state index in [0.717, 1.165) is 16.1 Å². The lowest BCUT2D eigenvalue weighted by Crippen LogP contribution is -2.56. The zero-order valence-electron chi connectivity index (χ0n) is 23.0. The van der Waals surface area contributed by atoms with Crippen LogP contribution < -0.4 is 9.62 Å². The SMILES string of the molecule is Cc1ccccc1N(CC(=O)N(Cc1ccccc1F)C(Cc1ccccc1)C(=O)NC(C)(C)C)S(C)(=O)=O. The smallest absolute Gasteiger partial charge is 0.244 e. The first-order chi connectivity index (χ1) is 18.3. The van der Waals surface area contributed by atoms with Gasteiger partial charge in [0, 0.05) is 24.1 Å². The van der Waals surface area contributed by atoms with Crippen LogP contribution in [0.4, 0.5) is 10.1 Å². The van der Waals surface area contributed by atoms with Crippen molar-refractivity contribution >= 4 is 27.5 Å². The molecular weight excluding hydrogens is 517 g/mol. The van der Waals surface area contributed by atoms with Gasteiger partial charge in [-0.3, -0.25) is 13.9 Å². The Bertz CT molecular complexity index is 1400. The average molecular weight is 554 g/mol. The Labute approximate surface area is 230 Å². The van der Waals surface area contributed by atoms with E-state index in [2.05, 4.69) is 5.32 Å². The lowest BCUT2D eigenvalue weighted by molar-refractivity contribution is -0.140. The van der Waals surface area contributed by atoms with E-state index >= 15 is 0 Å². The Morgan fingerprint density at radius 1 is 0.923 bits per heavy atom. The maximum atomic E-state index is 14.8. The summed E-state index contributed by atoms with van der Waals surface area (Å²) < 4.78 is 41.5. The fraction of sp³-hybridized carbons (Fsp3) is 0.333. The van der Waals surface area contributed by atoms with Crippen molar-refractivity contribution in [3.05, 3.63) is 101 Å². The number of halogens is 1. The predicted octanol–water partition coefficient (Wildman–Crippen LogP) is 4.45. The van der Waals surface area contributed by atoms with Crippen LogP contribution in [-0.4, -0.2) is 49.5 Å². The molecule has 0 heterocycles. The van der Waals surface area contributed by atoms with E-state index in [1.807, 2.05) is 51.1 Å². The highest BCUT2D eigenvalue weighted by molar-refractivity contribution is 7.92. The number of rotatable bonds is 10. The van der Waals surface area contributed by atoms with Crippen LogP contribution in [0.2, 0.25) is 0 Å². The van der Waals surface area contributed by atoms with Gasteiger partial charge >= 0.3 is 0 Å². The monoisotopic (exact) mass is 553 g/mol. The fourth-order valence-electron chi connectivity index (χ4n) is 4.26. The van der Waals surface area contributed by atoms with Gasteiger partial charge in [-0.25, -0.2) is 12.8 Å². The minimum atomic E-state index is -3.87. The van der Waals surface area contributed by atoms with E-state index in [0.29, 0.717) is 11.3 Å². The molecule has 9 heteroatoms. The van der Waals surface area contributed by atoms with Crippen LogP contribution in [0.25, 0.3) is 0 Å². The Morgan fingerprint density at radius 2 is 1.51 bits per heavy atom. The summed E-state index contributed by atoms with van der Waals surface area (Å²) in [6.45, 7) is 6.48. The first kappa shape index (κ1) is 29.8. The average Bonchev–Trinajstić information content (AvgIpc) is 2.85. The van der Waals surface area contributed by atoms with Crippen LogP contribution in [0.5, 0.6) is 0 Å². The van der Waals surface area contributed by atoms with Crippen LogP contribution >= 0.6 is 0 Å². The van der Waals surface area contributed by atoms with Gasteiger partial charge in [0.2, 0.25) is 21.8 Å². The molecule has 0 spiro atoms. The molecule has 0 fully saturated rings. The number of para-hydroxylation sites is 1. The molecule has 7 nitrogen and oxygen atoms in total. The van der Waals surface area contributed by atoms with Crippen molar-refractivity contribution in [3.63, 3.8) is 0 Å². The summed E-state index contributed by atoms with van der Waals surface area (Å²) in [7, 11) is -3.87. The molecule has 0 aliphatic rings. The van der Waals surface area contributed by atoms with E-state index in [4.69, 9.17) is 0 Å². The highest BCUT2D eigenvalue weighted by atomic mass is 32.2. The Hall–Kier alpha value is -3.72. The molecule has 3 aromatic rings. The molecule has 0 radical (unpaired) electrons. The van der Waals surface area contributed by atoms with Crippen LogP contribution in [0.3, 0.4) is 0 Å². The summed E-state index contributed by atoms with van der Waals surface area (Å²) in [6, 6.07) is 21.1. The topological polar surface area (TPSA) is 86.8 Å². The summed E-state index contributed by atoms with van der Waals surface area (Å²) >= 11 is 0. The molecule has 0 saturated heterocycles. The lowest BCUT2D eigenvalue weighted by Gasteiger charge is -2.35. The number of nitrogens with zero attached hydrogens (tertiary/aromatic N) is 2. The van der Waals surface area contributed by atoms with Crippen molar-refractivity contribution in [3.8, 4) is 0 Å². The van der Waals surface area contributed by atoms with E-state index in [1.54, 1.807) is 49.4 Å². The quantitative estimate of drug-likeness (QED) is 0.402. The predicted molar refractivity (Wildman–Crippen MR) is 152 cm³/mol. The number of hydrogen-bond acceptors (Lipinski definition) is 4. The molecular formula is C30H36FN3O4S. The molecule has 0 aromatic heterocycles. The summed E-state index contributed by atoms with van der Waals surface area (Å²) in [5.41, 5.74) is 1.45. The van der Waals surface area contributed by atoms with Gasteiger partial charge in [0.1, 0.15) is 18.4 Å². The van der Waals surface area contributed by atoms with Gasteiger partial charge in [0.05, 0.1) is 11.9 Å². The summed E-state index contributed by atoms with van der Waals surface area (Å²) in [5, 5.41) is 2.94. The van der Waals surface area contributed by atoms with Crippen LogP contribution in [0.1, 0.15) is 37.5 Å². The third-order valence-corrected chi connectivity index (χ3v) is 7.26. The maximum Gasteiger partial charge on any atom is 0.244 e. The molecule has 3 aromatic carbocycles. The molecule has 39 heavy (non-hydrogen) atoms. The zero-order valence-corrected chi connectivity index (χ0v) is 23.8. The molecule has 0 aliphatic carbocycles. The van der Waals surface area contributed by atoms with Crippen LogP contribution in [-0.2, 0) is 32.6 Å². The number of benzene rings is 3. The number of sulfonamides is 1. The highest BCUT2D eigenvalue weighted by Crippen LogP contribution is 2.24. The summed E-state index contributed by atoms with van der Waals surface area (Å²) in [5.74, 6) is -1.57. The number of carbonyl (C=O) groups is 2. The van der Waals surface area contributed by atoms with Gasteiger partial charge in [0.25, 0.3) is 0 Å². The van der Waals surface area contributed by atoms with Crippen molar-refractivity contribution < 1.29 is 22.4 Å². The van der Waals surface area contributed by atoms with Gasteiger partial charge in [-0.1, -0.05) is 66.7 Å². The second kappa shape index (κ2) is 12.4. The van der Waals surface area contributed by atoms with Crippen molar-refractivity contribution in [2.75, 3.05) is 17.1 Å². The third-order valence-electron chi connectivity index (χ3n) is 6.13. The second-order valence-electron chi connectivity index (χ2n) is 10.6. The molecule has 1 atom stereocenters. The Morgan fingerprint density at radius 3 is 2.10 bits per heavy atom. The number of amides is 2. The van der Waals surface area contributed by atoms with Crippen molar-refractivity contribution in [2.24, 2.45) is 0 Å². The standard InChI is InChI=1S/C30H36FN3O4S/c1-22-13-9-12-18-26(22)34(39(5,37)38)21-28(35)33(20-24-16-10-11-17-25(24)31)27(29(36)32-30(2,3)4)19-23-14-7-6-8-15-23/h6-18,27H,19-21H2,1-5H3,(H,32,36). The van der Waals surface area contributed by atoms with E-state index in [-0.39, 0.29) is 18.5 Å². The van der Waals surface area contributed by atoms with Crippen molar-refractivity contribution in [1.82, 2.24) is 10.2 Å². The van der Waals surface area contributed by atoms with Crippen LogP contribution in [0.15, 0.2) is 78.9 Å². The van der Waals surface area contributed by atoms with E-state index in [9.17, 15) is 22.4 Å². The molecule has 3 rings (SSSR count). The molecule has 1 unspecified atom stereocenters. The normalized spacial score (nSPS) is 12.5. The molecule has 0 saturated carbocycles. The molecule has 2 amide bonds. The molecule has 0 aliphatic heterocycles. The largest absolute Gasteiger partial charge is 0.350 e. The number of aryl methyl sites for hydroxylation is 1. The van der Waals surface area contributed by atoms with Crippen LogP contribution in [0, 0.1) is 12.7 Å². The minimum Gasteiger partial charge on any atom is -0.350 e. The lowest BCUT2D eigenvalue weighted by atomic mass is 10.0. The Balaban J connectivity index is 2.10. The first-order valence-electron chi connectivity index (χ1n) is 12.7. The summed E-state index contributed by atoms with van der Waals surface area (Å²) in [4.78, 5) is 29.0. The molecule has 0 bridgehead atoms. The zero-order chi connectivity index (χ0) is 28.8. The van der Waals surface area contributed by atoms with Crippen molar-refractivity contribution in [1.29, 1.82) is 0 Å². The Kier molecular flexibility index (Phi) is 9.50. The number of hydrogen-bond donors (Lipinski definition) is 1. The maximum absolute atomic E-state index is 14.8. The van der Waals surface area contributed by atoms with Gasteiger partial charge in [0.15, 0.2) is 0 Å². The van der Waals surface area contributed by atoms with E-state index < -0.39 is 45.8 Å². The number of nitrogens with one attached hydrogen (secondary N) is 1.